The van der Waals surface area contributed by atoms with E-state index in [4.69, 9.17) is 0 Å². The van der Waals surface area contributed by atoms with Crippen molar-refractivity contribution in [2.24, 2.45) is 0 Å². The van der Waals surface area contributed by atoms with E-state index >= 15 is 0 Å². The van der Waals surface area contributed by atoms with E-state index in [2.05, 4.69) is 26.2 Å². The van der Waals surface area contributed by atoms with Crippen molar-refractivity contribution in [1.82, 2.24) is 4.98 Å². The van der Waals surface area contributed by atoms with Crippen LogP contribution in [0.2, 0.25) is 0 Å². The number of hydrogen-bond acceptors (Lipinski definition) is 4. The molecule has 0 amide bonds. The molecule has 0 unspecified atom stereocenters. The Morgan fingerprint density at radius 2 is 2.11 bits per heavy atom. The van der Waals surface area contributed by atoms with Gasteiger partial charge in [0.05, 0.1) is 16.8 Å². The first kappa shape index (κ1) is 12.5. The van der Waals surface area contributed by atoms with E-state index in [9.17, 15) is 10.1 Å². The lowest BCUT2D eigenvalue weighted by Gasteiger charge is -2.07. The largest absolute Gasteiger partial charge is 0.349 e. The van der Waals surface area contributed by atoms with Gasteiger partial charge in [0.2, 0.25) is 0 Å². The number of pyridine rings is 1. The first-order valence-electron chi connectivity index (χ1n) is 5.19. The van der Waals surface area contributed by atoms with Crippen LogP contribution < -0.4 is 5.32 Å². The summed E-state index contributed by atoms with van der Waals surface area (Å²) in [5.41, 5.74) is 2.17. The number of aromatic nitrogens is 1. The van der Waals surface area contributed by atoms with Gasteiger partial charge in [0, 0.05) is 16.7 Å². The molecular weight excluding hydrogens is 298 g/mol. The number of anilines is 2. The van der Waals surface area contributed by atoms with Gasteiger partial charge in [-0.15, -0.1) is 0 Å². The lowest BCUT2D eigenvalue weighted by molar-refractivity contribution is -0.384. The van der Waals surface area contributed by atoms with Crippen LogP contribution in [0.5, 0.6) is 0 Å². The molecule has 0 fully saturated rings. The third kappa shape index (κ3) is 2.84. The minimum Gasteiger partial charge on any atom is -0.349 e. The van der Waals surface area contributed by atoms with Crippen LogP contribution in [0.1, 0.15) is 5.56 Å². The minimum absolute atomic E-state index is 0.0193. The molecule has 5 nitrogen and oxygen atoms in total. The van der Waals surface area contributed by atoms with Crippen LogP contribution in [0.15, 0.2) is 41.1 Å². The van der Waals surface area contributed by atoms with E-state index in [-0.39, 0.29) is 5.69 Å². The summed E-state index contributed by atoms with van der Waals surface area (Å²) in [6.45, 7) is 1.91. The summed E-state index contributed by atoms with van der Waals surface area (Å²) < 4.78 is 0.669. The van der Waals surface area contributed by atoms with Crippen molar-refractivity contribution in [2.75, 3.05) is 5.32 Å². The highest BCUT2D eigenvalue weighted by Crippen LogP contribution is 2.30. The molecule has 0 bridgehead atoms. The van der Waals surface area contributed by atoms with Crippen LogP contribution in [0, 0.1) is 17.0 Å². The summed E-state index contributed by atoms with van der Waals surface area (Å²) >= 11 is 3.22. The standard InChI is InChI=1S/C12H10BrN3O2/c1-8-4-10(7-14-6-8)15-11-3-2-9(13)5-12(11)16(17)18/h2-7,15H,1H3. The van der Waals surface area contributed by atoms with Gasteiger partial charge in [0.15, 0.2) is 0 Å². The first-order chi connectivity index (χ1) is 8.56. The quantitative estimate of drug-likeness (QED) is 0.691. The zero-order valence-corrected chi connectivity index (χ0v) is 11.1. The fraction of sp³-hybridized carbons (Fsp3) is 0.0833. The summed E-state index contributed by atoms with van der Waals surface area (Å²) in [4.78, 5) is 14.6. The van der Waals surface area contributed by atoms with Crippen molar-refractivity contribution in [3.8, 4) is 0 Å². The molecule has 1 aromatic carbocycles. The van der Waals surface area contributed by atoms with Gasteiger partial charge in [-0.1, -0.05) is 15.9 Å². The maximum Gasteiger partial charge on any atom is 0.293 e. The van der Waals surface area contributed by atoms with Crippen LogP contribution >= 0.6 is 15.9 Å². The Bertz CT molecular complexity index is 602. The molecule has 0 saturated heterocycles. The molecule has 6 heteroatoms. The lowest BCUT2D eigenvalue weighted by Crippen LogP contribution is -1.97. The van der Waals surface area contributed by atoms with E-state index < -0.39 is 4.92 Å². The molecule has 0 atom stereocenters. The minimum atomic E-state index is -0.420. The molecule has 1 aromatic heterocycles. The summed E-state index contributed by atoms with van der Waals surface area (Å²) in [5.74, 6) is 0. The molecule has 1 heterocycles. The highest BCUT2D eigenvalue weighted by Gasteiger charge is 2.14. The molecule has 2 rings (SSSR count). The summed E-state index contributed by atoms with van der Waals surface area (Å²) in [5, 5.41) is 14.0. The van der Waals surface area contributed by atoms with Gasteiger partial charge in [-0.3, -0.25) is 15.1 Å². The van der Waals surface area contributed by atoms with Crippen molar-refractivity contribution < 1.29 is 4.92 Å². The van der Waals surface area contributed by atoms with Gasteiger partial charge in [-0.25, -0.2) is 0 Å². The van der Waals surface area contributed by atoms with Crippen molar-refractivity contribution in [2.45, 2.75) is 6.92 Å². The zero-order valence-electron chi connectivity index (χ0n) is 9.55. The van der Waals surface area contributed by atoms with Crippen LogP contribution in [0.25, 0.3) is 0 Å². The predicted molar refractivity (Wildman–Crippen MR) is 73.1 cm³/mol. The van der Waals surface area contributed by atoms with E-state index in [1.165, 1.54) is 6.07 Å². The Kier molecular flexibility index (Phi) is 3.57. The van der Waals surface area contributed by atoms with Gasteiger partial charge < -0.3 is 5.32 Å². The Morgan fingerprint density at radius 1 is 1.33 bits per heavy atom. The average Bonchev–Trinajstić information content (AvgIpc) is 2.31. The van der Waals surface area contributed by atoms with E-state index in [0.717, 1.165) is 11.3 Å². The maximum absolute atomic E-state index is 11.0. The fourth-order valence-electron chi connectivity index (χ4n) is 1.54. The molecule has 92 valence electrons. The number of nitro benzene ring substituents is 1. The van der Waals surface area contributed by atoms with Crippen LogP contribution in [-0.2, 0) is 0 Å². The summed E-state index contributed by atoms with van der Waals surface area (Å²) in [7, 11) is 0. The molecule has 0 saturated carbocycles. The third-order valence-electron chi connectivity index (χ3n) is 2.31. The van der Waals surface area contributed by atoms with Gasteiger partial charge in [0.25, 0.3) is 5.69 Å². The average molecular weight is 308 g/mol. The van der Waals surface area contributed by atoms with Gasteiger partial charge in [0.1, 0.15) is 5.69 Å². The Hall–Kier alpha value is -1.95. The van der Waals surface area contributed by atoms with Crippen molar-refractivity contribution in [3.05, 3.63) is 56.8 Å². The van der Waals surface area contributed by atoms with E-state index in [1.54, 1.807) is 24.5 Å². The highest BCUT2D eigenvalue weighted by atomic mass is 79.9. The predicted octanol–water partition coefficient (Wildman–Crippen LogP) is 3.80. The van der Waals surface area contributed by atoms with E-state index in [1.807, 2.05) is 13.0 Å². The number of nitrogens with zero attached hydrogens (tertiary/aromatic N) is 2. The molecule has 0 aliphatic carbocycles. The van der Waals surface area contributed by atoms with Gasteiger partial charge >= 0.3 is 0 Å². The SMILES string of the molecule is Cc1cncc(Nc2ccc(Br)cc2[N+](=O)[O-])c1. The maximum atomic E-state index is 11.0. The van der Waals surface area contributed by atoms with Crippen LogP contribution in [0.3, 0.4) is 0 Å². The summed E-state index contributed by atoms with van der Waals surface area (Å²) in [6.07, 6.45) is 3.35. The fourth-order valence-corrected chi connectivity index (χ4v) is 1.89. The number of nitro groups is 1. The van der Waals surface area contributed by atoms with Crippen molar-refractivity contribution >= 4 is 33.0 Å². The van der Waals surface area contributed by atoms with Crippen molar-refractivity contribution in [3.63, 3.8) is 0 Å². The Labute approximate surface area is 112 Å². The second-order valence-corrected chi connectivity index (χ2v) is 4.71. The second kappa shape index (κ2) is 5.14. The lowest BCUT2D eigenvalue weighted by atomic mass is 10.2. The molecule has 1 N–H and O–H groups in total. The monoisotopic (exact) mass is 307 g/mol. The molecule has 0 radical (unpaired) electrons. The number of aryl methyl sites for hydroxylation is 1. The Morgan fingerprint density at radius 3 is 2.78 bits per heavy atom. The van der Waals surface area contributed by atoms with Gasteiger partial charge in [-0.05, 0) is 30.7 Å². The smallest absolute Gasteiger partial charge is 0.293 e. The normalized spacial score (nSPS) is 10.1. The number of nitrogens with one attached hydrogen (secondary N) is 1. The number of rotatable bonds is 3. The third-order valence-corrected chi connectivity index (χ3v) is 2.80. The number of halogens is 1. The zero-order chi connectivity index (χ0) is 13.1. The first-order valence-corrected chi connectivity index (χ1v) is 5.98. The van der Waals surface area contributed by atoms with Crippen molar-refractivity contribution in [1.29, 1.82) is 0 Å². The number of hydrogen-bond donors (Lipinski definition) is 1. The van der Waals surface area contributed by atoms with E-state index in [0.29, 0.717) is 10.2 Å². The summed E-state index contributed by atoms with van der Waals surface area (Å²) in [6, 6.07) is 6.74. The second-order valence-electron chi connectivity index (χ2n) is 3.79. The van der Waals surface area contributed by atoms with Crippen LogP contribution in [-0.4, -0.2) is 9.91 Å². The topological polar surface area (TPSA) is 68.1 Å². The molecule has 0 aliphatic heterocycles. The molecule has 0 spiro atoms. The highest BCUT2D eigenvalue weighted by molar-refractivity contribution is 9.10. The molecular formula is C12H10BrN3O2. The molecule has 18 heavy (non-hydrogen) atoms. The van der Waals surface area contributed by atoms with Crippen LogP contribution in [0.4, 0.5) is 17.1 Å². The molecule has 0 aliphatic rings. The Balaban J connectivity index is 2.37. The van der Waals surface area contributed by atoms with Gasteiger partial charge in [-0.2, -0.15) is 0 Å². The molecule has 2 aromatic rings. The number of benzene rings is 1.